The molecule has 1 aromatic rings. The minimum atomic E-state index is -0.710. The summed E-state index contributed by atoms with van der Waals surface area (Å²) in [5, 5.41) is 15.1. The van der Waals surface area contributed by atoms with Crippen LogP contribution in [0.4, 0.5) is 0 Å². The summed E-state index contributed by atoms with van der Waals surface area (Å²) in [6.45, 7) is 2.24. The molecule has 1 aliphatic carbocycles. The molecule has 0 saturated heterocycles. The lowest BCUT2D eigenvalue weighted by Crippen LogP contribution is -2.42. The normalized spacial score (nSPS) is 17.4. The molecule has 20 heavy (non-hydrogen) atoms. The minimum absolute atomic E-state index is 0.0386. The molecule has 1 heterocycles. The number of aliphatic hydroxyl groups is 1. The maximum absolute atomic E-state index is 12.3. The molecule has 1 fully saturated rings. The second-order valence-corrected chi connectivity index (χ2v) is 6.19. The molecule has 2 rings (SSSR count). The number of carbonyl (C=O) groups is 1. The van der Waals surface area contributed by atoms with E-state index in [-0.39, 0.29) is 12.3 Å². The summed E-state index contributed by atoms with van der Waals surface area (Å²) in [5.74, 6) is -0.0386. The Morgan fingerprint density at radius 1 is 1.50 bits per heavy atom. The number of hydrogen-bond acceptors (Lipinski definition) is 3. The van der Waals surface area contributed by atoms with Crippen molar-refractivity contribution in [2.75, 3.05) is 13.6 Å². The summed E-state index contributed by atoms with van der Waals surface area (Å²) in [5.41, 5.74) is 0.835. The number of carbonyl (C=O) groups excluding carboxylic acids is 1. The number of amides is 1. The zero-order chi connectivity index (χ0) is 14.9. The average Bonchev–Trinajstić information content (AvgIpc) is 2.89. The van der Waals surface area contributed by atoms with Crippen molar-refractivity contribution in [3.8, 4) is 0 Å². The van der Waals surface area contributed by atoms with Gasteiger partial charge in [-0.15, -0.1) is 0 Å². The molecular formula is C14H22ClN3O2. The third-order valence-corrected chi connectivity index (χ3v) is 4.56. The molecule has 0 radical (unpaired) electrons. The van der Waals surface area contributed by atoms with Gasteiger partial charge in [0.2, 0.25) is 5.91 Å². The molecule has 0 atom stereocenters. The Hall–Kier alpha value is -1.07. The fraction of sp³-hybridized carbons (Fsp3) is 0.714. The van der Waals surface area contributed by atoms with Gasteiger partial charge in [-0.1, -0.05) is 24.4 Å². The highest BCUT2D eigenvalue weighted by molar-refractivity contribution is 6.30. The van der Waals surface area contributed by atoms with Crippen LogP contribution in [0.1, 0.15) is 36.9 Å². The number of hydrogen-bond donors (Lipinski definition) is 1. The van der Waals surface area contributed by atoms with E-state index in [4.69, 9.17) is 11.6 Å². The van der Waals surface area contributed by atoms with Crippen molar-refractivity contribution in [3.05, 3.63) is 16.4 Å². The first-order valence-electron chi connectivity index (χ1n) is 6.97. The molecule has 0 unspecified atom stereocenters. The Morgan fingerprint density at radius 2 is 2.10 bits per heavy atom. The van der Waals surface area contributed by atoms with Crippen LogP contribution in [0.15, 0.2) is 0 Å². The number of aromatic nitrogens is 2. The van der Waals surface area contributed by atoms with E-state index in [1.54, 1.807) is 23.7 Å². The lowest BCUT2D eigenvalue weighted by Gasteiger charge is -2.28. The quantitative estimate of drug-likeness (QED) is 0.920. The highest BCUT2D eigenvalue weighted by Crippen LogP contribution is 2.30. The molecule has 1 N–H and O–H groups in total. The molecule has 1 saturated carbocycles. The van der Waals surface area contributed by atoms with Gasteiger partial charge < -0.3 is 10.0 Å². The summed E-state index contributed by atoms with van der Waals surface area (Å²) in [6.07, 6.45) is 3.85. The van der Waals surface area contributed by atoms with Crippen molar-refractivity contribution in [1.82, 2.24) is 14.7 Å². The fourth-order valence-corrected chi connectivity index (χ4v) is 3.12. The highest BCUT2D eigenvalue weighted by atomic mass is 35.5. The second kappa shape index (κ2) is 5.74. The van der Waals surface area contributed by atoms with E-state index in [1.165, 1.54) is 0 Å². The zero-order valence-corrected chi connectivity index (χ0v) is 13.1. The summed E-state index contributed by atoms with van der Waals surface area (Å²) >= 11 is 6.14. The predicted molar refractivity (Wildman–Crippen MR) is 77.7 cm³/mol. The SMILES string of the molecule is Cc1nn(C)c(Cl)c1CC(=O)N(C)CC1(O)CCCC1. The van der Waals surface area contributed by atoms with E-state index < -0.39 is 5.60 Å². The van der Waals surface area contributed by atoms with Crippen LogP contribution >= 0.6 is 11.6 Å². The molecule has 0 aromatic carbocycles. The third-order valence-electron chi connectivity index (χ3n) is 4.09. The topological polar surface area (TPSA) is 58.4 Å². The van der Waals surface area contributed by atoms with Gasteiger partial charge in [0.25, 0.3) is 0 Å². The maximum atomic E-state index is 12.3. The van der Waals surface area contributed by atoms with Crippen molar-refractivity contribution < 1.29 is 9.90 Å². The van der Waals surface area contributed by atoms with Gasteiger partial charge in [0, 0.05) is 26.2 Å². The number of likely N-dealkylation sites (N-methyl/N-ethyl adjacent to an activating group) is 1. The molecule has 6 heteroatoms. The summed E-state index contributed by atoms with van der Waals surface area (Å²) in [7, 11) is 3.49. The smallest absolute Gasteiger partial charge is 0.227 e. The lowest BCUT2D eigenvalue weighted by atomic mass is 10.0. The molecule has 0 bridgehead atoms. The third kappa shape index (κ3) is 3.15. The maximum Gasteiger partial charge on any atom is 0.227 e. The standard InChI is InChI=1S/C14H22ClN3O2/c1-10-11(13(15)18(3)16-10)8-12(19)17(2)9-14(20)6-4-5-7-14/h20H,4-9H2,1-3H3. The van der Waals surface area contributed by atoms with E-state index in [0.29, 0.717) is 11.7 Å². The Bertz CT molecular complexity index is 507. The van der Waals surface area contributed by atoms with Gasteiger partial charge >= 0.3 is 0 Å². The van der Waals surface area contributed by atoms with Crippen LogP contribution in [0.25, 0.3) is 0 Å². The molecule has 1 aliphatic rings. The van der Waals surface area contributed by atoms with Crippen LogP contribution in [-0.4, -0.2) is 44.9 Å². The Balaban J connectivity index is 2.00. The zero-order valence-electron chi connectivity index (χ0n) is 12.3. The summed E-state index contributed by atoms with van der Waals surface area (Å²) in [6, 6.07) is 0. The van der Waals surface area contributed by atoms with E-state index in [9.17, 15) is 9.90 Å². The van der Waals surface area contributed by atoms with Crippen LogP contribution in [0, 0.1) is 6.92 Å². The van der Waals surface area contributed by atoms with Gasteiger partial charge in [0.15, 0.2) is 0 Å². The van der Waals surface area contributed by atoms with Gasteiger partial charge in [-0.05, 0) is 19.8 Å². The highest BCUT2D eigenvalue weighted by Gasteiger charge is 2.33. The first-order valence-corrected chi connectivity index (χ1v) is 7.34. The second-order valence-electron chi connectivity index (χ2n) is 5.84. The lowest BCUT2D eigenvalue weighted by molar-refractivity contribution is -0.132. The number of nitrogens with zero attached hydrogens (tertiary/aromatic N) is 3. The van der Waals surface area contributed by atoms with Gasteiger partial charge in [-0.25, -0.2) is 0 Å². The molecule has 1 aromatic heterocycles. The van der Waals surface area contributed by atoms with Crippen LogP contribution in [0.2, 0.25) is 5.15 Å². The first-order chi connectivity index (χ1) is 9.32. The van der Waals surface area contributed by atoms with E-state index in [2.05, 4.69) is 5.10 Å². The molecule has 5 nitrogen and oxygen atoms in total. The van der Waals surface area contributed by atoms with Crippen LogP contribution in [0.3, 0.4) is 0 Å². The van der Waals surface area contributed by atoms with Gasteiger partial charge in [0.1, 0.15) is 5.15 Å². The number of aryl methyl sites for hydroxylation is 2. The predicted octanol–water partition coefficient (Wildman–Crippen LogP) is 1.69. The Labute approximate surface area is 124 Å². The first kappa shape index (κ1) is 15.3. The Morgan fingerprint density at radius 3 is 2.60 bits per heavy atom. The van der Waals surface area contributed by atoms with E-state index >= 15 is 0 Å². The average molecular weight is 300 g/mol. The van der Waals surface area contributed by atoms with Crippen molar-refractivity contribution in [2.45, 2.75) is 44.6 Å². The number of rotatable bonds is 4. The van der Waals surface area contributed by atoms with Crippen LogP contribution < -0.4 is 0 Å². The van der Waals surface area contributed by atoms with Crippen molar-refractivity contribution in [1.29, 1.82) is 0 Å². The molecule has 0 spiro atoms. The van der Waals surface area contributed by atoms with Gasteiger partial charge in [-0.3, -0.25) is 9.48 Å². The van der Waals surface area contributed by atoms with E-state index in [0.717, 1.165) is 36.9 Å². The van der Waals surface area contributed by atoms with Gasteiger partial charge in [-0.2, -0.15) is 5.10 Å². The molecule has 1 amide bonds. The Kier molecular flexibility index (Phi) is 4.39. The summed E-state index contributed by atoms with van der Waals surface area (Å²) < 4.78 is 1.57. The monoisotopic (exact) mass is 299 g/mol. The molecule has 112 valence electrons. The van der Waals surface area contributed by atoms with E-state index in [1.807, 2.05) is 6.92 Å². The van der Waals surface area contributed by atoms with Crippen LogP contribution in [0.5, 0.6) is 0 Å². The van der Waals surface area contributed by atoms with Gasteiger partial charge in [0.05, 0.1) is 17.7 Å². The molecule has 0 aliphatic heterocycles. The van der Waals surface area contributed by atoms with Crippen molar-refractivity contribution in [2.24, 2.45) is 7.05 Å². The van der Waals surface area contributed by atoms with Crippen molar-refractivity contribution in [3.63, 3.8) is 0 Å². The fourth-order valence-electron chi connectivity index (χ4n) is 2.88. The number of halogens is 1. The minimum Gasteiger partial charge on any atom is -0.388 e. The van der Waals surface area contributed by atoms with Crippen LogP contribution in [-0.2, 0) is 18.3 Å². The molecular weight excluding hydrogens is 278 g/mol. The largest absolute Gasteiger partial charge is 0.388 e. The van der Waals surface area contributed by atoms with Crippen molar-refractivity contribution >= 4 is 17.5 Å². The summed E-state index contributed by atoms with van der Waals surface area (Å²) in [4.78, 5) is 13.9.